The first-order chi connectivity index (χ1) is 12.4. The molecular formula is C20H18Cl2N2O2. The number of halogens is 2. The van der Waals surface area contributed by atoms with Crippen molar-refractivity contribution >= 4 is 29.1 Å². The Bertz CT molecular complexity index is 858. The van der Waals surface area contributed by atoms with E-state index in [1.165, 1.54) is 6.20 Å². The number of nitrogens with one attached hydrogen (secondary N) is 1. The van der Waals surface area contributed by atoms with E-state index >= 15 is 0 Å². The van der Waals surface area contributed by atoms with Gasteiger partial charge in [0, 0.05) is 29.2 Å². The number of hydrogen-bond acceptors (Lipinski definition) is 3. The molecule has 0 bridgehead atoms. The third kappa shape index (κ3) is 4.98. The van der Waals surface area contributed by atoms with Crippen LogP contribution in [0.25, 0.3) is 0 Å². The van der Waals surface area contributed by atoms with E-state index in [4.69, 9.17) is 23.2 Å². The molecule has 6 heteroatoms. The van der Waals surface area contributed by atoms with Crippen molar-refractivity contribution < 1.29 is 9.90 Å². The van der Waals surface area contributed by atoms with E-state index in [0.717, 1.165) is 18.4 Å². The van der Waals surface area contributed by atoms with E-state index in [0.29, 0.717) is 28.6 Å². The van der Waals surface area contributed by atoms with Crippen LogP contribution in [0.1, 0.15) is 41.6 Å². The maximum Gasteiger partial charge on any atom is 0.253 e. The topological polar surface area (TPSA) is 62.2 Å². The average molecular weight is 389 g/mol. The summed E-state index contributed by atoms with van der Waals surface area (Å²) in [4.78, 5) is 16.2. The van der Waals surface area contributed by atoms with E-state index in [9.17, 15) is 9.90 Å². The molecule has 3 rings (SSSR count). The first kappa shape index (κ1) is 18.7. The number of carbonyl (C=O) groups excluding carboxylic acids is 1. The number of pyridine rings is 1. The number of carbonyl (C=O) groups is 1. The second-order valence-corrected chi connectivity index (χ2v) is 7.25. The second-order valence-electron chi connectivity index (χ2n) is 6.43. The number of amides is 1. The molecule has 1 fully saturated rings. The lowest BCUT2D eigenvalue weighted by molar-refractivity contribution is 0.0452. The van der Waals surface area contributed by atoms with E-state index in [1.807, 2.05) is 12.1 Å². The Morgan fingerprint density at radius 1 is 1.31 bits per heavy atom. The Labute approximate surface area is 162 Å². The lowest BCUT2D eigenvalue weighted by Gasteiger charge is -2.33. The monoisotopic (exact) mass is 388 g/mol. The summed E-state index contributed by atoms with van der Waals surface area (Å²) in [6.07, 6.45) is 3.98. The summed E-state index contributed by atoms with van der Waals surface area (Å²) in [6.45, 7) is 0. The summed E-state index contributed by atoms with van der Waals surface area (Å²) >= 11 is 11.7. The minimum Gasteiger partial charge on any atom is -0.378 e. The highest BCUT2D eigenvalue weighted by Crippen LogP contribution is 2.28. The molecule has 0 radical (unpaired) electrons. The van der Waals surface area contributed by atoms with Crippen molar-refractivity contribution in [3.05, 3.63) is 63.9 Å². The van der Waals surface area contributed by atoms with Crippen LogP contribution in [0.5, 0.6) is 0 Å². The molecule has 26 heavy (non-hydrogen) atoms. The smallest absolute Gasteiger partial charge is 0.253 e. The molecule has 0 spiro atoms. The van der Waals surface area contributed by atoms with Crippen molar-refractivity contribution in [3.8, 4) is 11.8 Å². The number of aliphatic hydroxyl groups is 1. The second kappa shape index (κ2) is 8.09. The van der Waals surface area contributed by atoms with E-state index in [-0.39, 0.29) is 11.9 Å². The van der Waals surface area contributed by atoms with Crippen molar-refractivity contribution in [2.45, 2.75) is 37.3 Å². The lowest BCUT2D eigenvalue weighted by atomic mass is 9.82. The van der Waals surface area contributed by atoms with Crippen LogP contribution in [0.4, 0.5) is 0 Å². The molecule has 4 nitrogen and oxygen atoms in total. The fourth-order valence-corrected chi connectivity index (χ4v) is 3.33. The molecule has 2 aromatic rings. The summed E-state index contributed by atoms with van der Waals surface area (Å²) in [5.74, 6) is 5.71. The van der Waals surface area contributed by atoms with Gasteiger partial charge in [-0.1, -0.05) is 41.1 Å². The molecule has 1 amide bonds. The fourth-order valence-electron chi connectivity index (χ4n) is 3.02. The molecular weight excluding hydrogens is 371 g/mol. The molecule has 2 N–H and O–H groups in total. The molecule has 1 unspecified atom stereocenters. The van der Waals surface area contributed by atoms with Gasteiger partial charge in [-0.3, -0.25) is 4.79 Å². The summed E-state index contributed by atoms with van der Waals surface area (Å²) in [7, 11) is 0. The fraction of sp³-hybridized carbons (Fsp3) is 0.300. The Morgan fingerprint density at radius 3 is 2.88 bits per heavy atom. The van der Waals surface area contributed by atoms with Crippen molar-refractivity contribution in [2.24, 2.45) is 0 Å². The Kier molecular flexibility index (Phi) is 5.83. The van der Waals surface area contributed by atoms with Crippen LogP contribution in [-0.2, 0) is 0 Å². The molecule has 1 heterocycles. The Balaban J connectivity index is 1.66. The van der Waals surface area contributed by atoms with Gasteiger partial charge < -0.3 is 10.4 Å². The predicted molar refractivity (Wildman–Crippen MR) is 102 cm³/mol. The van der Waals surface area contributed by atoms with Gasteiger partial charge in [-0.2, -0.15) is 0 Å². The van der Waals surface area contributed by atoms with Gasteiger partial charge in [0.2, 0.25) is 0 Å². The van der Waals surface area contributed by atoms with Crippen molar-refractivity contribution in [1.29, 1.82) is 0 Å². The van der Waals surface area contributed by atoms with Gasteiger partial charge in [0.05, 0.1) is 5.56 Å². The van der Waals surface area contributed by atoms with Gasteiger partial charge in [0.25, 0.3) is 5.91 Å². The minimum absolute atomic E-state index is 0.148. The highest BCUT2D eigenvalue weighted by molar-refractivity contribution is 6.30. The zero-order valence-corrected chi connectivity index (χ0v) is 15.5. The molecule has 1 saturated carbocycles. The molecule has 1 aromatic heterocycles. The first-order valence-electron chi connectivity index (χ1n) is 8.37. The zero-order valence-electron chi connectivity index (χ0n) is 14.0. The Morgan fingerprint density at radius 2 is 2.15 bits per heavy atom. The minimum atomic E-state index is -1.13. The maximum atomic E-state index is 12.3. The van der Waals surface area contributed by atoms with Gasteiger partial charge in [-0.05, 0) is 49.6 Å². The van der Waals surface area contributed by atoms with Crippen LogP contribution in [0.3, 0.4) is 0 Å². The number of hydrogen-bond donors (Lipinski definition) is 2. The SMILES string of the molecule is O=C(N[C@H]1CCCC(O)(C#Cc2cccc(Cl)c2)C1)c1ccc(Cl)nc1. The van der Waals surface area contributed by atoms with Gasteiger partial charge in [0.1, 0.15) is 10.8 Å². The lowest BCUT2D eigenvalue weighted by Crippen LogP contribution is -2.45. The van der Waals surface area contributed by atoms with Gasteiger partial charge in [0.15, 0.2) is 0 Å². The highest BCUT2D eigenvalue weighted by Gasteiger charge is 2.33. The normalized spacial score (nSPS) is 22.2. The van der Waals surface area contributed by atoms with Crippen LogP contribution in [0, 0.1) is 11.8 Å². The molecule has 1 aliphatic rings. The van der Waals surface area contributed by atoms with Crippen LogP contribution in [0.15, 0.2) is 42.6 Å². The first-order valence-corrected chi connectivity index (χ1v) is 9.13. The summed E-state index contributed by atoms with van der Waals surface area (Å²) < 4.78 is 0. The van der Waals surface area contributed by atoms with Crippen molar-refractivity contribution in [1.82, 2.24) is 10.3 Å². The highest BCUT2D eigenvalue weighted by atomic mass is 35.5. The van der Waals surface area contributed by atoms with E-state index < -0.39 is 5.60 Å². The standard InChI is InChI=1S/C20H18Cl2N2O2/c21-16-4-1-3-14(11-16)8-10-20(26)9-2-5-17(12-20)24-19(25)15-6-7-18(22)23-13-15/h1,3-4,6-7,11,13,17,26H,2,5,9,12H2,(H,24,25)/t17-,20?/m0/s1. The largest absolute Gasteiger partial charge is 0.378 e. The molecule has 0 saturated heterocycles. The average Bonchev–Trinajstić information content (AvgIpc) is 2.61. The quantitative estimate of drug-likeness (QED) is 0.606. The Hall–Kier alpha value is -2.06. The number of benzene rings is 1. The van der Waals surface area contributed by atoms with Crippen LogP contribution in [-0.4, -0.2) is 27.6 Å². The number of aromatic nitrogens is 1. The zero-order chi connectivity index (χ0) is 18.6. The van der Waals surface area contributed by atoms with Crippen LogP contribution < -0.4 is 5.32 Å². The molecule has 1 aromatic carbocycles. The van der Waals surface area contributed by atoms with E-state index in [2.05, 4.69) is 22.1 Å². The summed E-state index contributed by atoms with van der Waals surface area (Å²) in [6, 6.07) is 10.2. The molecule has 1 aliphatic carbocycles. The summed E-state index contributed by atoms with van der Waals surface area (Å²) in [5.41, 5.74) is 0.0642. The van der Waals surface area contributed by atoms with E-state index in [1.54, 1.807) is 24.3 Å². The molecule has 134 valence electrons. The maximum absolute atomic E-state index is 12.3. The van der Waals surface area contributed by atoms with Crippen LogP contribution >= 0.6 is 23.2 Å². The number of rotatable bonds is 2. The van der Waals surface area contributed by atoms with Gasteiger partial charge in [-0.25, -0.2) is 4.98 Å². The van der Waals surface area contributed by atoms with Crippen molar-refractivity contribution in [3.63, 3.8) is 0 Å². The number of nitrogens with zero attached hydrogens (tertiary/aromatic N) is 1. The third-order valence-corrected chi connectivity index (χ3v) is 4.77. The summed E-state index contributed by atoms with van der Waals surface area (Å²) in [5, 5.41) is 14.7. The molecule has 2 atom stereocenters. The third-order valence-electron chi connectivity index (χ3n) is 4.32. The van der Waals surface area contributed by atoms with Crippen molar-refractivity contribution in [2.75, 3.05) is 0 Å². The van der Waals surface area contributed by atoms with Crippen LogP contribution in [0.2, 0.25) is 10.2 Å². The predicted octanol–water partition coefficient (Wildman–Crippen LogP) is 3.84. The van der Waals surface area contributed by atoms with Gasteiger partial charge >= 0.3 is 0 Å². The van der Waals surface area contributed by atoms with Gasteiger partial charge in [-0.15, -0.1) is 0 Å². The molecule has 0 aliphatic heterocycles.